The van der Waals surface area contributed by atoms with Gasteiger partial charge in [0.2, 0.25) is 17.9 Å². The van der Waals surface area contributed by atoms with Gasteiger partial charge >= 0.3 is 17.9 Å². The largest absolute Gasteiger partial charge is 0.481 e. The second-order valence-corrected chi connectivity index (χ2v) is 6.27. The Morgan fingerprint density at radius 1 is 0.966 bits per heavy atom. The summed E-state index contributed by atoms with van der Waals surface area (Å²) >= 11 is 0. The normalized spacial score (nSPS) is 11.5. The highest BCUT2D eigenvalue weighted by Crippen LogP contribution is 2.21. The molecule has 1 aromatic heterocycles. The van der Waals surface area contributed by atoms with E-state index in [1.54, 1.807) is 13.8 Å². The number of aromatic nitrogens is 2. The van der Waals surface area contributed by atoms with Gasteiger partial charge in [-0.25, -0.2) is 9.59 Å². The Bertz CT molecular complexity index is 789. The van der Waals surface area contributed by atoms with Crippen molar-refractivity contribution in [2.45, 2.75) is 26.6 Å². The molecule has 0 aliphatic rings. The summed E-state index contributed by atoms with van der Waals surface area (Å²) < 4.78 is 25.8. The number of rotatable bonds is 10. The number of hydrogen-bond donors (Lipinski definition) is 0. The summed E-state index contributed by atoms with van der Waals surface area (Å²) in [6.45, 7) is 3.09. The molecule has 29 heavy (non-hydrogen) atoms. The van der Waals surface area contributed by atoms with Gasteiger partial charge in [-0.3, -0.25) is 0 Å². The third kappa shape index (κ3) is 6.95. The smallest absolute Gasteiger partial charge is 0.348 e. The molecular formula is C20H24N2O7. The van der Waals surface area contributed by atoms with E-state index >= 15 is 0 Å². The second kappa shape index (κ2) is 10.8. The predicted molar refractivity (Wildman–Crippen MR) is 102 cm³/mol. The first-order valence-electron chi connectivity index (χ1n) is 8.92. The van der Waals surface area contributed by atoms with Crippen LogP contribution in [0, 0.1) is 5.92 Å². The number of benzene rings is 1. The van der Waals surface area contributed by atoms with Gasteiger partial charge < -0.3 is 23.7 Å². The van der Waals surface area contributed by atoms with Crippen LogP contribution in [-0.4, -0.2) is 48.8 Å². The molecule has 0 aliphatic carbocycles. The number of carbonyl (C=O) groups excluding carboxylic acids is 2. The lowest BCUT2D eigenvalue weighted by Crippen LogP contribution is -2.36. The van der Waals surface area contributed by atoms with Crippen molar-refractivity contribution in [1.82, 2.24) is 9.97 Å². The van der Waals surface area contributed by atoms with E-state index in [0.29, 0.717) is 0 Å². The molecule has 156 valence electrons. The lowest BCUT2D eigenvalue weighted by Gasteiger charge is -2.20. The highest BCUT2D eigenvalue weighted by Gasteiger charge is 2.28. The summed E-state index contributed by atoms with van der Waals surface area (Å²) in [7, 11) is 2.86. The van der Waals surface area contributed by atoms with Crippen molar-refractivity contribution < 1.29 is 33.3 Å². The minimum absolute atomic E-state index is 0.0960. The van der Waals surface area contributed by atoms with Crippen molar-refractivity contribution in [1.29, 1.82) is 0 Å². The van der Waals surface area contributed by atoms with E-state index in [2.05, 4.69) is 9.97 Å². The van der Waals surface area contributed by atoms with E-state index in [4.69, 9.17) is 23.7 Å². The van der Waals surface area contributed by atoms with Crippen LogP contribution in [0.2, 0.25) is 0 Å². The van der Waals surface area contributed by atoms with Gasteiger partial charge in [0.05, 0.1) is 20.3 Å². The van der Waals surface area contributed by atoms with E-state index in [0.717, 1.165) is 5.56 Å². The number of methoxy groups -OCH3 is 2. The summed E-state index contributed by atoms with van der Waals surface area (Å²) in [4.78, 5) is 32.3. The Labute approximate surface area is 168 Å². The van der Waals surface area contributed by atoms with E-state index in [-0.39, 0.29) is 30.3 Å². The Morgan fingerprint density at radius 2 is 1.59 bits per heavy atom. The molecule has 0 aliphatic heterocycles. The highest BCUT2D eigenvalue weighted by molar-refractivity contribution is 5.79. The van der Waals surface area contributed by atoms with Crippen LogP contribution in [0.4, 0.5) is 0 Å². The first-order valence-corrected chi connectivity index (χ1v) is 8.92. The third-order valence-corrected chi connectivity index (χ3v) is 3.72. The molecule has 0 fully saturated rings. The maximum atomic E-state index is 12.4. The van der Waals surface area contributed by atoms with Gasteiger partial charge in [-0.15, -0.1) is 0 Å². The van der Waals surface area contributed by atoms with Crippen LogP contribution in [0.5, 0.6) is 17.8 Å². The van der Waals surface area contributed by atoms with Gasteiger partial charge in [0.25, 0.3) is 0 Å². The molecule has 0 amide bonds. The number of carbonyl (C=O) groups is 2. The van der Waals surface area contributed by atoms with Crippen molar-refractivity contribution in [2.24, 2.45) is 5.92 Å². The van der Waals surface area contributed by atoms with Crippen molar-refractivity contribution in [2.75, 3.05) is 20.8 Å². The van der Waals surface area contributed by atoms with Crippen LogP contribution < -0.4 is 14.2 Å². The Kier molecular flexibility index (Phi) is 8.20. The van der Waals surface area contributed by atoms with Gasteiger partial charge in [0, 0.05) is 5.92 Å². The van der Waals surface area contributed by atoms with Crippen molar-refractivity contribution in [3.63, 3.8) is 0 Å². The summed E-state index contributed by atoms with van der Waals surface area (Å²) in [6.07, 6.45) is -1.03. The topological polar surface area (TPSA) is 106 Å². The lowest BCUT2D eigenvalue weighted by molar-refractivity contribution is -0.165. The zero-order valence-electron chi connectivity index (χ0n) is 16.8. The Hall–Kier alpha value is -3.36. The number of nitrogens with zero attached hydrogens (tertiary/aromatic N) is 2. The Balaban J connectivity index is 1.93. The molecule has 0 spiro atoms. The van der Waals surface area contributed by atoms with Crippen LogP contribution in [0.3, 0.4) is 0 Å². The molecule has 0 saturated carbocycles. The fraction of sp³-hybridized carbons (Fsp3) is 0.400. The van der Waals surface area contributed by atoms with Crippen LogP contribution in [0.25, 0.3) is 0 Å². The highest BCUT2D eigenvalue weighted by atomic mass is 16.6. The van der Waals surface area contributed by atoms with E-state index in [9.17, 15) is 9.59 Å². The maximum Gasteiger partial charge on any atom is 0.348 e. The van der Waals surface area contributed by atoms with Gasteiger partial charge in [-0.2, -0.15) is 9.97 Å². The Morgan fingerprint density at radius 3 is 2.14 bits per heavy atom. The van der Waals surface area contributed by atoms with Crippen molar-refractivity contribution in [3.05, 3.63) is 42.0 Å². The molecule has 0 saturated heterocycles. The van der Waals surface area contributed by atoms with E-state index in [1.807, 2.05) is 30.3 Å². The van der Waals surface area contributed by atoms with Gasteiger partial charge in [-0.05, 0) is 5.56 Å². The third-order valence-electron chi connectivity index (χ3n) is 3.72. The summed E-state index contributed by atoms with van der Waals surface area (Å²) in [6, 6.07) is 10.5. The molecule has 1 atom stereocenters. The van der Waals surface area contributed by atoms with E-state index < -0.39 is 24.6 Å². The lowest BCUT2D eigenvalue weighted by atomic mass is 10.1. The quantitative estimate of drug-likeness (QED) is 0.551. The van der Waals surface area contributed by atoms with Crippen molar-refractivity contribution >= 4 is 11.9 Å². The monoisotopic (exact) mass is 404 g/mol. The zero-order valence-corrected chi connectivity index (χ0v) is 16.8. The van der Waals surface area contributed by atoms with Gasteiger partial charge in [-0.1, -0.05) is 44.2 Å². The van der Waals surface area contributed by atoms with Crippen LogP contribution >= 0.6 is 0 Å². The standard InChI is InChI=1S/C20H24N2O7/c1-13(2)18(29-20-21-15(25-3)10-16(22-20)26-4)19(24)28-12-17(23)27-11-14-8-6-5-7-9-14/h5-10,13,18H,11-12H2,1-4H3. The molecule has 1 unspecified atom stereocenters. The predicted octanol–water partition coefficient (Wildman–Crippen LogP) is 2.18. The molecular weight excluding hydrogens is 380 g/mol. The summed E-state index contributed by atoms with van der Waals surface area (Å²) in [5, 5.41) is 0. The molecule has 1 heterocycles. The fourth-order valence-electron chi connectivity index (χ4n) is 2.21. The average molecular weight is 404 g/mol. The molecule has 2 aromatic rings. The van der Waals surface area contributed by atoms with Gasteiger partial charge in [0.1, 0.15) is 6.61 Å². The van der Waals surface area contributed by atoms with Crippen LogP contribution in [0.1, 0.15) is 19.4 Å². The minimum Gasteiger partial charge on any atom is -0.481 e. The number of esters is 2. The first-order chi connectivity index (χ1) is 13.9. The molecule has 9 nitrogen and oxygen atoms in total. The maximum absolute atomic E-state index is 12.4. The van der Waals surface area contributed by atoms with Crippen molar-refractivity contribution in [3.8, 4) is 17.8 Å². The average Bonchev–Trinajstić information content (AvgIpc) is 2.74. The zero-order chi connectivity index (χ0) is 21.2. The summed E-state index contributed by atoms with van der Waals surface area (Å²) in [5.74, 6) is -1.24. The molecule has 1 aromatic carbocycles. The molecule has 0 radical (unpaired) electrons. The SMILES string of the molecule is COc1cc(OC)nc(OC(C(=O)OCC(=O)OCc2ccccc2)C(C)C)n1. The van der Waals surface area contributed by atoms with Gasteiger partial charge in [0.15, 0.2) is 6.61 Å². The van der Waals surface area contributed by atoms with Crippen LogP contribution in [-0.2, 0) is 25.7 Å². The van der Waals surface area contributed by atoms with Crippen LogP contribution in [0.15, 0.2) is 36.4 Å². The second-order valence-electron chi connectivity index (χ2n) is 6.27. The summed E-state index contributed by atoms with van der Waals surface area (Å²) in [5.41, 5.74) is 0.833. The number of hydrogen-bond acceptors (Lipinski definition) is 9. The molecule has 0 N–H and O–H groups in total. The number of ether oxygens (including phenoxy) is 5. The van der Waals surface area contributed by atoms with E-state index in [1.165, 1.54) is 20.3 Å². The molecule has 0 bridgehead atoms. The molecule has 9 heteroatoms. The first kappa shape index (κ1) is 21.9. The molecule has 2 rings (SSSR count). The minimum atomic E-state index is -1.03. The fourth-order valence-corrected chi connectivity index (χ4v) is 2.21.